The van der Waals surface area contributed by atoms with Gasteiger partial charge in [-0.3, -0.25) is 4.98 Å². The average Bonchev–Trinajstić information content (AvgIpc) is 3.05. The molecule has 3 aliphatic rings. The van der Waals surface area contributed by atoms with Crippen LogP contribution in [0, 0.1) is 18.8 Å². The molecule has 108 valence electrons. The summed E-state index contributed by atoms with van der Waals surface area (Å²) in [6.45, 7) is 3.40. The van der Waals surface area contributed by atoms with Crippen molar-refractivity contribution in [2.75, 3.05) is 13.2 Å². The van der Waals surface area contributed by atoms with Crippen LogP contribution in [0.25, 0.3) is 0 Å². The molecule has 0 aromatic carbocycles. The molecule has 0 amide bonds. The third-order valence-electron chi connectivity index (χ3n) is 5.28. The van der Waals surface area contributed by atoms with Crippen molar-refractivity contribution in [1.82, 2.24) is 4.98 Å². The molecule has 4 nitrogen and oxygen atoms in total. The van der Waals surface area contributed by atoms with Gasteiger partial charge in [0.25, 0.3) is 0 Å². The van der Waals surface area contributed by atoms with Gasteiger partial charge in [-0.25, -0.2) is 0 Å². The van der Waals surface area contributed by atoms with Crippen LogP contribution in [-0.2, 0) is 15.1 Å². The number of pyridine rings is 1. The first-order valence-electron chi connectivity index (χ1n) is 7.52. The van der Waals surface area contributed by atoms with E-state index in [4.69, 9.17) is 9.47 Å². The molecule has 1 unspecified atom stereocenters. The maximum absolute atomic E-state index is 11.0. The summed E-state index contributed by atoms with van der Waals surface area (Å²) in [5, 5.41) is 11.0. The van der Waals surface area contributed by atoms with Crippen LogP contribution in [-0.4, -0.2) is 29.1 Å². The Morgan fingerprint density at radius 3 is 2.30 bits per heavy atom. The fraction of sp³-hybridized carbons (Fsp3) is 0.688. The molecule has 1 aromatic rings. The summed E-state index contributed by atoms with van der Waals surface area (Å²) >= 11 is 0. The molecule has 20 heavy (non-hydrogen) atoms. The molecule has 1 aliphatic heterocycles. The molecule has 3 fully saturated rings. The van der Waals surface area contributed by atoms with E-state index in [1.807, 2.05) is 25.3 Å². The van der Waals surface area contributed by atoms with Gasteiger partial charge >= 0.3 is 0 Å². The number of aryl methyl sites for hydroxylation is 1. The predicted molar refractivity (Wildman–Crippen MR) is 73.0 cm³/mol. The molecular formula is C16H21NO3. The lowest BCUT2D eigenvalue weighted by molar-refractivity contribution is -0.158. The molecule has 1 spiro atoms. The SMILES string of the molecule is Cc1ccc(C2(O)C[C@H]3CC4(C[C@H]3C2)OCCO4)cn1. The molecule has 3 atom stereocenters. The zero-order chi connectivity index (χ0) is 13.8. The summed E-state index contributed by atoms with van der Waals surface area (Å²) < 4.78 is 11.6. The average molecular weight is 275 g/mol. The first-order chi connectivity index (χ1) is 9.59. The summed E-state index contributed by atoms with van der Waals surface area (Å²) in [7, 11) is 0. The lowest BCUT2D eigenvalue weighted by atomic mass is 9.90. The Morgan fingerprint density at radius 2 is 1.75 bits per heavy atom. The topological polar surface area (TPSA) is 51.6 Å². The number of hydrogen-bond acceptors (Lipinski definition) is 4. The Bertz CT molecular complexity index is 491. The molecule has 2 aliphatic carbocycles. The fourth-order valence-electron chi connectivity index (χ4n) is 4.36. The zero-order valence-corrected chi connectivity index (χ0v) is 11.8. The molecule has 1 saturated heterocycles. The van der Waals surface area contributed by atoms with E-state index in [9.17, 15) is 5.11 Å². The summed E-state index contributed by atoms with van der Waals surface area (Å²) in [5.74, 6) is 0.668. The van der Waals surface area contributed by atoms with E-state index >= 15 is 0 Å². The number of ether oxygens (including phenoxy) is 2. The number of aromatic nitrogens is 1. The van der Waals surface area contributed by atoms with Gasteiger partial charge in [0.2, 0.25) is 0 Å². The standard InChI is InChI=1S/C16H21NO3/c1-11-2-3-14(10-17-11)15(18)6-12-8-16(9-13(12)7-15)19-4-5-20-16/h2-3,10,12-13,18H,4-9H2,1H3/t12-,13+,15?. The Kier molecular flexibility index (Phi) is 2.72. The summed E-state index contributed by atoms with van der Waals surface area (Å²) in [6.07, 6.45) is 5.29. The van der Waals surface area contributed by atoms with Crippen LogP contribution in [0.2, 0.25) is 0 Å². The first-order valence-corrected chi connectivity index (χ1v) is 7.52. The minimum atomic E-state index is -0.712. The van der Waals surface area contributed by atoms with Gasteiger partial charge in [0.05, 0.1) is 18.8 Å². The Balaban J connectivity index is 1.53. The summed E-state index contributed by atoms with van der Waals surface area (Å²) in [6, 6.07) is 3.99. The van der Waals surface area contributed by atoms with E-state index in [1.54, 1.807) is 0 Å². The van der Waals surface area contributed by atoms with E-state index in [-0.39, 0.29) is 5.79 Å². The van der Waals surface area contributed by atoms with Gasteiger partial charge in [0, 0.05) is 30.3 Å². The molecule has 0 radical (unpaired) electrons. The molecule has 2 saturated carbocycles. The van der Waals surface area contributed by atoms with E-state index in [2.05, 4.69) is 4.98 Å². The molecule has 4 heteroatoms. The highest BCUT2D eigenvalue weighted by atomic mass is 16.7. The minimum Gasteiger partial charge on any atom is -0.385 e. The van der Waals surface area contributed by atoms with Crippen molar-refractivity contribution in [1.29, 1.82) is 0 Å². The smallest absolute Gasteiger partial charge is 0.169 e. The van der Waals surface area contributed by atoms with Crippen LogP contribution in [0.5, 0.6) is 0 Å². The van der Waals surface area contributed by atoms with Gasteiger partial charge in [0.15, 0.2) is 5.79 Å². The first kappa shape index (κ1) is 12.7. The maximum atomic E-state index is 11.0. The van der Waals surface area contributed by atoms with E-state index in [0.29, 0.717) is 25.0 Å². The normalized spacial score (nSPS) is 38.5. The quantitative estimate of drug-likeness (QED) is 0.853. The largest absolute Gasteiger partial charge is 0.385 e. The van der Waals surface area contributed by atoms with Crippen molar-refractivity contribution < 1.29 is 14.6 Å². The van der Waals surface area contributed by atoms with Crippen molar-refractivity contribution in [3.05, 3.63) is 29.6 Å². The van der Waals surface area contributed by atoms with Crippen LogP contribution in [0.15, 0.2) is 18.3 Å². The summed E-state index contributed by atoms with van der Waals surface area (Å²) in [5.41, 5.74) is 1.23. The minimum absolute atomic E-state index is 0.331. The maximum Gasteiger partial charge on any atom is 0.169 e. The third kappa shape index (κ3) is 1.90. The van der Waals surface area contributed by atoms with Crippen LogP contribution >= 0.6 is 0 Å². The highest BCUT2D eigenvalue weighted by molar-refractivity contribution is 5.23. The molecule has 4 rings (SSSR count). The highest BCUT2D eigenvalue weighted by Gasteiger charge is 2.56. The van der Waals surface area contributed by atoms with Gasteiger partial charge in [0.1, 0.15) is 0 Å². The molecule has 0 bridgehead atoms. The van der Waals surface area contributed by atoms with Crippen molar-refractivity contribution in [2.45, 2.75) is 44.0 Å². The molecule has 2 heterocycles. The zero-order valence-electron chi connectivity index (χ0n) is 11.8. The monoisotopic (exact) mass is 275 g/mol. The number of rotatable bonds is 1. The third-order valence-corrected chi connectivity index (χ3v) is 5.28. The number of fused-ring (bicyclic) bond motifs is 1. The van der Waals surface area contributed by atoms with Gasteiger partial charge in [-0.05, 0) is 37.7 Å². The second-order valence-corrected chi connectivity index (χ2v) is 6.66. The number of hydrogen-bond donors (Lipinski definition) is 1. The Morgan fingerprint density at radius 1 is 1.10 bits per heavy atom. The summed E-state index contributed by atoms with van der Waals surface area (Å²) in [4.78, 5) is 4.32. The predicted octanol–water partition coefficient (Wildman–Crippen LogP) is 2.14. The van der Waals surface area contributed by atoms with E-state index < -0.39 is 5.60 Å². The van der Waals surface area contributed by atoms with Gasteiger partial charge in [-0.15, -0.1) is 0 Å². The van der Waals surface area contributed by atoms with Crippen LogP contribution in [0.4, 0.5) is 0 Å². The van der Waals surface area contributed by atoms with Gasteiger partial charge in [-0.1, -0.05) is 6.07 Å². The van der Waals surface area contributed by atoms with E-state index in [0.717, 1.165) is 36.9 Å². The van der Waals surface area contributed by atoms with Crippen molar-refractivity contribution in [2.24, 2.45) is 11.8 Å². The van der Waals surface area contributed by atoms with Crippen LogP contribution in [0.3, 0.4) is 0 Å². The van der Waals surface area contributed by atoms with Crippen LogP contribution in [0.1, 0.15) is 36.9 Å². The Labute approximate surface area is 119 Å². The van der Waals surface area contributed by atoms with Gasteiger partial charge in [-0.2, -0.15) is 0 Å². The number of nitrogens with zero attached hydrogens (tertiary/aromatic N) is 1. The van der Waals surface area contributed by atoms with Crippen LogP contribution < -0.4 is 0 Å². The molecule has 1 N–H and O–H groups in total. The number of aliphatic hydroxyl groups is 1. The Hall–Kier alpha value is -0.970. The second kappa shape index (κ2) is 4.26. The second-order valence-electron chi connectivity index (χ2n) is 6.66. The fourth-order valence-corrected chi connectivity index (χ4v) is 4.36. The highest BCUT2D eigenvalue weighted by Crippen LogP contribution is 2.57. The van der Waals surface area contributed by atoms with E-state index in [1.165, 1.54) is 0 Å². The van der Waals surface area contributed by atoms with Crippen molar-refractivity contribution in [3.63, 3.8) is 0 Å². The van der Waals surface area contributed by atoms with Gasteiger partial charge < -0.3 is 14.6 Å². The lowest BCUT2D eigenvalue weighted by Gasteiger charge is -2.28. The molecular weight excluding hydrogens is 254 g/mol. The lowest BCUT2D eigenvalue weighted by Crippen LogP contribution is -2.30. The van der Waals surface area contributed by atoms with Crippen molar-refractivity contribution in [3.8, 4) is 0 Å². The molecule has 1 aromatic heterocycles. The van der Waals surface area contributed by atoms with Crippen molar-refractivity contribution >= 4 is 0 Å².